The van der Waals surface area contributed by atoms with Gasteiger partial charge >= 0.3 is 0 Å². The molecule has 2 unspecified atom stereocenters. The molecule has 1 aromatic carbocycles. The van der Waals surface area contributed by atoms with E-state index < -0.39 is 0 Å². The van der Waals surface area contributed by atoms with E-state index in [2.05, 4.69) is 22.1 Å². The van der Waals surface area contributed by atoms with Crippen molar-refractivity contribution in [3.05, 3.63) is 42.7 Å². The highest BCUT2D eigenvalue weighted by Crippen LogP contribution is 2.38. The molecule has 2 aliphatic rings. The molecule has 0 saturated heterocycles. The summed E-state index contributed by atoms with van der Waals surface area (Å²) in [7, 11) is 0. The lowest BCUT2D eigenvalue weighted by atomic mass is 10.1. The average Bonchev–Trinajstić information content (AvgIpc) is 3.07. The highest BCUT2D eigenvalue weighted by molar-refractivity contribution is 5.73. The van der Waals surface area contributed by atoms with E-state index in [0.29, 0.717) is 0 Å². The molecule has 1 fully saturated rings. The van der Waals surface area contributed by atoms with Crippen LogP contribution in [0.1, 0.15) is 19.3 Å². The van der Waals surface area contributed by atoms with Crippen LogP contribution in [0.25, 0.3) is 11.0 Å². The van der Waals surface area contributed by atoms with Gasteiger partial charge in [-0.25, -0.2) is 4.98 Å². The van der Waals surface area contributed by atoms with E-state index in [1.807, 2.05) is 24.3 Å². The molecule has 1 heterocycles. The highest BCUT2D eigenvalue weighted by Gasteiger charge is 2.25. The molecule has 0 spiro atoms. The van der Waals surface area contributed by atoms with Crippen LogP contribution >= 0.6 is 0 Å². The predicted octanol–water partition coefficient (Wildman–Crippen LogP) is 3.54. The van der Waals surface area contributed by atoms with Crippen LogP contribution in [0.5, 0.6) is 0 Å². The Morgan fingerprint density at radius 1 is 1.06 bits per heavy atom. The average molecular weight is 212 g/mol. The normalized spacial score (nSPS) is 25.8. The number of hydrogen-bond donors (Lipinski definition) is 1. The Balaban J connectivity index is 0.000000104. The molecule has 82 valence electrons. The first-order chi connectivity index (χ1) is 7.92. The Morgan fingerprint density at radius 3 is 2.38 bits per heavy atom. The minimum absolute atomic E-state index is 0.991. The third-order valence-electron chi connectivity index (χ3n) is 3.50. The van der Waals surface area contributed by atoms with Gasteiger partial charge < -0.3 is 4.98 Å². The van der Waals surface area contributed by atoms with Crippen molar-refractivity contribution in [1.82, 2.24) is 9.97 Å². The third-order valence-corrected chi connectivity index (χ3v) is 3.50. The van der Waals surface area contributed by atoms with Crippen molar-refractivity contribution >= 4 is 11.0 Å². The Morgan fingerprint density at radius 2 is 1.81 bits per heavy atom. The zero-order chi connectivity index (χ0) is 10.8. The summed E-state index contributed by atoms with van der Waals surface area (Å²) in [6.07, 6.45) is 10.9. The number of aromatic amines is 1. The van der Waals surface area contributed by atoms with Crippen molar-refractivity contribution in [1.29, 1.82) is 0 Å². The molecule has 2 aromatic rings. The molecule has 16 heavy (non-hydrogen) atoms. The number of hydrogen-bond acceptors (Lipinski definition) is 1. The monoisotopic (exact) mass is 212 g/mol. The summed E-state index contributed by atoms with van der Waals surface area (Å²) >= 11 is 0. The molecule has 4 rings (SSSR count). The largest absolute Gasteiger partial charge is 0.345 e. The first kappa shape index (κ1) is 9.64. The number of fused-ring (bicyclic) bond motifs is 3. The molecule has 1 N–H and O–H groups in total. The topological polar surface area (TPSA) is 28.7 Å². The van der Waals surface area contributed by atoms with Crippen molar-refractivity contribution in [3.63, 3.8) is 0 Å². The molecule has 2 nitrogen and oxygen atoms in total. The van der Waals surface area contributed by atoms with Gasteiger partial charge in [-0.2, -0.15) is 0 Å². The quantitative estimate of drug-likeness (QED) is 0.665. The fraction of sp³-hybridized carbons (Fsp3) is 0.357. The van der Waals surface area contributed by atoms with E-state index in [9.17, 15) is 0 Å². The van der Waals surface area contributed by atoms with Gasteiger partial charge in [0.15, 0.2) is 0 Å². The fourth-order valence-electron chi connectivity index (χ4n) is 2.60. The van der Waals surface area contributed by atoms with Gasteiger partial charge in [0.25, 0.3) is 0 Å². The third kappa shape index (κ3) is 1.87. The second-order valence-corrected chi connectivity index (χ2v) is 4.64. The van der Waals surface area contributed by atoms with Gasteiger partial charge in [0.2, 0.25) is 0 Å². The molecule has 2 aliphatic carbocycles. The van der Waals surface area contributed by atoms with Crippen LogP contribution in [-0.4, -0.2) is 9.97 Å². The van der Waals surface area contributed by atoms with E-state index in [0.717, 1.165) is 22.9 Å². The standard InChI is InChI=1S/C7H6N2.C7H10/c1-2-4-7-6(3-1)8-5-9-7;1-2-7-4-3-6(1)5-7/h1-5H,(H,8,9);1-2,6-7H,3-5H2. The number of benzene rings is 1. The van der Waals surface area contributed by atoms with Crippen LogP contribution in [-0.2, 0) is 0 Å². The van der Waals surface area contributed by atoms with Crippen LogP contribution < -0.4 is 0 Å². The molecule has 1 aromatic heterocycles. The molecule has 2 atom stereocenters. The summed E-state index contributed by atoms with van der Waals surface area (Å²) in [6, 6.07) is 7.94. The van der Waals surface area contributed by atoms with Crippen LogP contribution in [0.3, 0.4) is 0 Å². The Bertz CT molecular complexity index is 456. The fourth-order valence-corrected chi connectivity index (χ4v) is 2.60. The minimum atomic E-state index is 0.991. The van der Waals surface area contributed by atoms with Crippen molar-refractivity contribution in [2.24, 2.45) is 11.8 Å². The van der Waals surface area contributed by atoms with Crippen LogP contribution in [0.4, 0.5) is 0 Å². The number of H-pyrrole nitrogens is 1. The van der Waals surface area contributed by atoms with Crippen molar-refractivity contribution in [2.75, 3.05) is 0 Å². The van der Waals surface area contributed by atoms with E-state index in [1.54, 1.807) is 6.33 Å². The van der Waals surface area contributed by atoms with Crippen molar-refractivity contribution in [2.45, 2.75) is 19.3 Å². The predicted molar refractivity (Wildman–Crippen MR) is 66.1 cm³/mol. The molecule has 1 saturated carbocycles. The van der Waals surface area contributed by atoms with Gasteiger partial charge in [0.1, 0.15) is 0 Å². The van der Waals surface area contributed by atoms with E-state index >= 15 is 0 Å². The van der Waals surface area contributed by atoms with Gasteiger partial charge in [0.05, 0.1) is 17.4 Å². The lowest BCUT2D eigenvalue weighted by Gasteiger charge is -1.96. The van der Waals surface area contributed by atoms with Gasteiger partial charge in [0, 0.05) is 0 Å². The van der Waals surface area contributed by atoms with Crippen LogP contribution in [0.2, 0.25) is 0 Å². The molecular weight excluding hydrogens is 196 g/mol. The second kappa shape index (κ2) is 4.12. The number of aromatic nitrogens is 2. The molecule has 0 amide bonds. The Hall–Kier alpha value is -1.57. The summed E-state index contributed by atoms with van der Waals surface area (Å²) in [6.45, 7) is 0. The maximum atomic E-state index is 4.06. The summed E-state index contributed by atoms with van der Waals surface area (Å²) < 4.78 is 0. The molecule has 0 radical (unpaired) electrons. The molecule has 2 bridgehead atoms. The highest BCUT2D eigenvalue weighted by atomic mass is 14.9. The SMILES string of the molecule is C1=CC2CCC1C2.c1ccc2[nH]cnc2c1. The van der Waals surface area contributed by atoms with Crippen molar-refractivity contribution in [3.8, 4) is 0 Å². The van der Waals surface area contributed by atoms with Gasteiger partial charge in [-0.3, -0.25) is 0 Å². The number of nitrogens with one attached hydrogen (secondary N) is 1. The number of para-hydroxylation sites is 2. The van der Waals surface area contributed by atoms with E-state index in [1.165, 1.54) is 19.3 Å². The smallest absolute Gasteiger partial charge is 0.0931 e. The molecular formula is C14H16N2. The summed E-state index contributed by atoms with van der Waals surface area (Å²) in [5, 5.41) is 0. The Labute approximate surface area is 95.4 Å². The van der Waals surface area contributed by atoms with Crippen molar-refractivity contribution < 1.29 is 0 Å². The zero-order valence-corrected chi connectivity index (χ0v) is 9.26. The van der Waals surface area contributed by atoms with Gasteiger partial charge in [-0.05, 0) is 43.2 Å². The van der Waals surface area contributed by atoms with Gasteiger partial charge in [-0.15, -0.1) is 0 Å². The summed E-state index contributed by atoms with van der Waals surface area (Å²) in [5.41, 5.74) is 2.12. The molecule has 2 heteroatoms. The number of allylic oxidation sites excluding steroid dienone is 2. The van der Waals surface area contributed by atoms with E-state index in [4.69, 9.17) is 0 Å². The number of nitrogens with zero attached hydrogens (tertiary/aromatic N) is 1. The number of rotatable bonds is 0. The summed E-state index contributed by atoms with van der Waals surface area (Å²) in [4.78, 5) is 7.07. The first-order valence-electron chi connectivity index (χ1n) is 5.98. The van der Waals surface area contributed by atoms with Gasteiger partial charge in [-0.1, -0.05) is 24.3 Å². The lowest BCUT2D eigenvalue weighted by molar-refractivity contribution is 0.691. The minimum Gasteiger partial charge on any atom is -0.345 e. The maximum Gasteiger partial charge on any atom is 0.0931 e. The maximum absolute atomic E-state index is 4.06. The van der Waals surface area contributed by atoms with Crippen LogP contribution in [0, 0.1) is 11.8 Å². The Kier molecular flexibility index (Phi) is 2.49. The lowest BCUT2D eigenvalue weighted by Crippen LogP contribution is -1.82. The number of imidazole rings is 1. The van der Waals surface area contributed by atoms with Crippen LogP contribution in [0.15, 0.2) is 42.7 Å². The molecule has 0 aliphatic heterocycles. The zero-order valence-electron chi connectivity index (χ0n) is 9.26. The summed E-state index contributed by atoms with van der Waals surface area (Å²) in [5.74, 6) is 1.98. The van der Waals surface area contributed by atoms with E-state index in [-0.39, 0.29) is 0 Å². The second-order valence-electron chi connectivity index (χ2n) is 4.64. The first-order valence-corrected chi connectivity index (χ1v) is 5.98.